The minimum atomic E-state index is -0.288. The van der Waals surface area contributed by atoms with E-state index >= 15 is 0 Å². The van der Waals surface area contributed by atoms with E-state index in [1.54, 1.807) is 23.1 Å². The minimum absolute atomic E-state index is 0.256. The van der Waals surface area contributed by atoms with Gasteiger partial charge in [-0.05, 0) is 51.0 Å². The summed E-state index contributed by atoms with van der Waals surface area (Å²) >= 11 is 0. The van der Waals surface area contributed by atoms with E-state index < -0.39 is 0 Å². The zero-order valence-electron chi connectivity index (χ0n) is 14.7. The van der Waals surface area contributed by atoms with Gasteiger partial charge in [0.25, 0.3) is 5.91 Å². The molecule has 8 nitrogen and oxygen atoms in total. The molecule has 3 aromatic heterocycles. The molecule has 3 aromatic rings. The van der Waals surface area contributed by atoms with E-state index in [1.807, 2.05) is 26.0 Å². The van der Waals surface area contributed by atoms with Gasteiger partial charge in [-0.3, -0.25) is 4.79 Å². The molecular weight excluding hydrogens is 330 g/mol. The molecule has 8 heteroatoms. The summed E-state index contributed by atoms with van der Waals surface area (Å²) in [6.45, 7) is 4.20. The summed E-state index contributed by atoms with van der Waals surface area (Å²) in [5.74, 6) is 0.848. The number of hydrogen-bond donors (Lipinski definition) is 1. The molecule has 1 amide bonds. The molecule has 1 aliphatic carbocycles. The molecule has 0 aromatic carbocycles. The van der Waals surface area contributed by atoms with Crippen LogP contribution in [0.15, 0.2) is 30.6 Å². The molecule has 0 unspecified atom stereocenters. The van der Waals surface area contributed by atoms with Crippen LogP contribution >= 0.6 is 0 Å². The van der Waals surface area contributed by atoms with E-state index in [0.717, 1.165) is 22.8 Å². The predicted octanol–water partition coefficient (Wildman–Crippen LogP) is 1.88. The van der Waals surface area contributed by atoms with Gasteiger partial charge in [-0.2, -0.15) is 5.10 Å². The Morgan fingerprint density at radius 3 is 2.69 bits per heavy atom. The molecule has 0 saturated heterocycles. The molecular formula is C18H19N7O. The standard InChI is InChI=1S/C18H19N7O/c1-11-7-12(2)25(24-11)17-6-5-15(22-23-17)18(26)19-9-14-8-16(13-3-4-13)21-10-20-14/h5-8,10,13H,3-4,9H2,1-2H3,(H,19,26). The highest BCUT2D eigenvalue weighted by Crippen LogP contribution is 2.38. The van der Waals surface area contributed by atoms with Gasteiger partial charge in [0.1, 0.15) is 6.33 Å². The third-order valence-corrected chi connectivity index (χ3v) is 4.28. The summed E-state index contributed by atoms with van der Waals surface area (Å²) in [5.41, 5.74) is 3.97. The lowest BCUT2D eigenvalue weighted by Gasteiger charge is -2.06. The Bertz CT molecular complexity index is 944. The van der Waals surface area contributed by atoms with Gasteiger partial charge in [0.2, 0.25) is 0 Å². The van der Waals surface area contributed by atoms with Crippen LogP contribution in [0.2, 0.25) is 0 Å². The third kappa shape index (κ3) is 3.44. The number of rotatable bonds is 5. The van der Waals surface area contributed by atoms with Crippen molar-refractivity contribution < 1.29 is 4.79 Å². The van der Waals surface area contributed by atoms with E-state index in [2.05, 4.69) is 30.6 Å². The Balaban J connectivity index is 1.42. The first-order valence-electron chi connectivity index (χ1n) is 8.56. The Kier molecular flexibility index (Phi) is 4.16. The average Bonchev–Trinajstić information content (AvgIpc) is 3.45. The zero-order chi connectivity index (χ0) is 18.1. The predicted molar refractivity (Wildman–Crippen MR) is 93.8 cm³/mol. The summed E-state index contributed by atoms with van der Waals surface area (Å²) in [5, 5.41) is 15.3. The van der Waals surface area contributed by atoms with Crippen LogP contribution < -0.4 is 5.32 Å². The quantitative estimate of drug-likeness (QED) is 0.755. The van der Waals surface area contributed by atoms with Crippen LogP contribution in [-0.4, -0.2) is 35.9 Å². The molecule has 26 heavy (non-hydrogen) atoms. The smallest absolute Gasteiger partial charge is 0.272 e. The molecule has 0 aliphatic heterocycles. The number of nitrogens with one attached hydrogen (secondary N) is 1. The second kappa shape index (κ2) is 6.62. The lowest BCUT2D eigenvalue weighted by atomic mass is 10.2. The molecule has 132 valence electrons. The van der Waals surface area contributed by atoms with Crippen LogP contribution in [0.3, 0.4) is 0 Å². The van der Waals surface area contributed by atoms with Gasteiger partial charge in [0.05, 0.1) is 17.9 Å². The van der Waals surface area contributed by atoms with Crippen LogP contribution in [0.4, 0.5) is 0 Å². The van der Waals surface area contributed by atoms with Crippen molar-refractivity contribution in [2.45, 2.75) is 39.2 Å². The Labute approximate surface area is 150 Å². The van der Waals surface area contributed by atoms with Crippen LogP contribution in [0, 0.1) is 13.8 Å². The number of nitrogens with zero attached hydrogens (tertiary/aromatic N) is 6. The maximum Gasteiger partial charge on any atom is 0.272 e. The number of carbonyl (C=O) groups excluding carboxylic acids is 1. The lowest BCUT2D eigenvalue weighted by Crippen LogP contribution is -2.25. The van der Waals surface area contributed by atoms with Gasteiger partial charge in [0, 0.05) is 17.3 Å². The first-order chi connectivity index (χ1) is 12.6. The lowest BCUT2D eigenvalue weighted by molar-refractivity contribution is 0.0944. The summed E-state index contributed by atoms with van der Waals surface area (Å²) < 4.78 is 1.70. The van der Waals surface area contributed by atoms with Gasteiger partial charge in [-0.25, -0.2) is 14.6 Å². The van der Waals surface area contributed by atoms with Crippen molar-refractivity contribution in [3.05, 3.63) is 59.1 Å². The molecule has 1 fully saturated rings. The SMILES string of the molecule is Cc1cc(C)n(-c2ccc(C(=O)NCc3cc(C4CC4)ncn3)nn2)n1. The first-order valence-corrected chi connectivity index (χ1v) is 8.56. The van der Waals surface area contributed by atoms with Crippen LogP contribution in [0.5, 0.6) is 0 Å². The monoisotopic (exact) mass is 349 g/mol. The normalized spacial score (nSPS) is 13.6. The number of hydrogen-bond acceptors (Lipinski definition) is 6. The molecule has 3 heterocycles. The summed E-state index contributed by atoms with van der Waals surface area (Å²) in [6.07, 6.45) is 3.91. The maximum atomic E-state index is 12.3. The molecule has 0 radical (unpaired) electrons. The van der Waals surface area contributed by atoms with E-state index in [1.165, 1.54) is 12.8 Å². The van der Waals surface area contributed by atoms with Crippen LogP contribution in [0.25, 0.3) is 5.82 Å². The molecule has 1 aliphatic rings. The number of carbonyl (C=O) groups is 1. The van der Waals surface area contributed by atoms with Crippen molar-refractivity contribution in [2.24, 2.45) is 0 Å². The van der Waals surface area contributed by atoms with E-state index in [0.29, 0.717) is 18.3 Å². The highest BCUT2D eigenvalue weighted by molar-refractivity contribution is 5.92. The second-order valence-corrected chi connectivity index (χ2v) is 6.51. The third-order valence-electron chi connectivity index (χ3n) is 4.28. The molecule has 0 bridgehead atoms. The topological polar surface area (TPSA) is 98.5 Å². The van der Waals surface area contributed by atoms with Gasteiger partial charge < -0.3 is 5.32 Å². The molecule has 4 rings (SSSR count). The maximum absolute atomic E-state index is 12.3. The molecule has 0 atom stereocenters. The van der Waals surface area contributed by atoms with E-state index in [4.69, 9.17) is 0 Å². The van der Waals surface area contributed by atoms with Gasteiger partial charge in [-0.1, -0.05) is 0 Å². The summed E-state index contributed by atoms with van der Waals surface area (Å²) in [7, 11) is 0. The van der Waals surface area contributed by atoms with Crippen LogP contribution in [0.1, 0.15) is 52.0 Å². The Morgan fingerprint density at radius 1 is 1.19 bits per heavy atom. The van der Waals surface area contributed by atoms with Gasteiger partial charge in [0.15, 0.2) is 11.5 Å². The average molecular weight is 349 g/mol. The summed E-state index contributed by atoms with van der Waals surface area (Å²) in [6, 6.07) is 7.29. The second-order valence-electron chi connectivity index (χ2n) is 6.51. The Morgan fingerprint density at radius 2 is 2.04 bits per heavy atom. The van der Waals surface area contributed by atoms with Crippen molar-refractivity contribution in [1.29, 1.82) is 0 Å². The zero-order valence-corrected chi connectivity index (χ0v) is 14.7. The highest BCUT2D eigenvalue weighted by atomic mass is 16.1. The fourth-order valence-electron chi connectivity index (χ4n) is 2.80. The van der Waals surface area contributed by atoms with E-state index in [-0.39, 0.29) is 11.6 Å². The Hall–Kier alpha value is -3.16. The minimum Gasteiger partial charge on any atom is -0.345 e. The number of amides is 1. The highest BCUT2D eigenvalue weighted by Gasteiger charge is 2.25. The van der Waals surface area contributed by atoms with Crippen molar-refractivity contribution in [3.8, 4) is 5.82 Å². The fraction of sp³-hybridized carbons (Fsp3) is 0.333. The van der Waals surface area contributed by atoms with Crippen molar-refractivity contribution >= 4 is 5.91 Å². The fourth-order valence-corrected chi connectivity index (χ4v) is 2.80. The van der Waals surface area contributed by atoms with Gasteiger partial charge >= 0.3 is 0 Å². The number of aromatic nitrogens is 6. The largest absolute Gasteiger partial charge is 0.345 e. The van der Waals surface area contributed by atoms with Gasteiger partial charge in [-0.15, -0.1) is 10.2 Å². The van der Waals surface area contributed by atoms with Crippen LogP contribution in [-0.2, 0) is 6.54 Å². The van der Waals surface area contributed by atoms with Crippen molar-refractivity contribution in [1.82, 2.24) is 35.3 Å². The van der Waals surface area contributed by atoms with Crippen molar-refractivity contribution in [3.63, 3.8) is 0 Å². The van der Waals surface area contributed by atoms with E-state index in [9.17, 15) is 4.79 Å². The molecule has 1 N–H and O–H groups in total. The summed E-state index contributed by atoms with van der Waals surface area (Å²) in [4.78, 5) is 20.8. The molecule has 1 saturated carbocycles. The van der Waals surface area contributed by atoms with Crippen molar-refractivity contribution in [2.75, 3.05) is 0 Å². The number of aryl methyl sites for hydroxylation is 2. The first kappa shape index (κ1) is 16.3. The molecule has 0 spiro atoms.